The number of rotatable bonds is 5. The fraction of sp³-hybridized carbons (Fsp3) is 0.417. The number of carbonyl (C=O) groups excluding carboxylic acids is 2. The third-order valence-electron chi connectivity index (χ3n) is 5.73. The van der Waals surface area contributed by atoms with Crippen molar-refractivity contribution in [3.8, 4) is 5.75 Å². The van der Waals surface area contributed by atoms with E-state index in [1.807, 2.05) is 52.3 Å². The highest BCUT2D eigenvalue weighted by atomic mass is 16.5. The van der Waals surface area contributed by atoms with Gasteiger partial charge in [-0.05, 0) is 42.7 Å². The summed E-state index contributed by atoms with van der Waals surface area (Å²) in [6, 6.07) is 17.2. The molecule has 2 aliphatic heterocycles. The van der Waals surface area contributed by atoms with Crippen molar-refractivity contribution < 1.29 is 19.1 Å². The van der Waals surface area contributed by atoms with Gasteiger partial charge in [0, 0.05) is 31.7 Å². The van der Waals surface area contributed by atoms with Crippen LogP contribution in [0.2, 0.25) is 0 Å². The molecule has 1 atom stereocenters. The summed E-state index contributed by atoms with van der Waals surface area (Å²) in [7, 11) is 0. The van der Waals surface area contributed by atoms with Crippen molar-refractivity contribution in [1.29, 1.82) is 0 Å². The quantitative estimate of drug-likeness (QED) is 0.763. The standard InChI is InChI=1S/C24H28N2O4/c27-23(20-8-10-22(11-9-20)30-18-19-5-2-1-3-6-19)26-12-4-7-21(17-26)24(28)25-13-15-29-16-14-25/h1-3,5-6,8-11,21H,4,7,12-18H2. The molecule has 2 aliphatic rings. The second-order valence-corrected chi connectivity index (χ2v) is 7.83. The first-order chi connectivity index (χ1) is 14.7. The number of morpholine rings is 1. The second kappa shape index (κ2) is 9.76. The fourth-order valence-electron chi connectivity index (χ4n) is 4.02. The van der Waals surface area contributed by atoms with Crippen molar-refractivity contribution in [2.75, 3.05) is 39.4 Å². The summed E-state index contributed by atoms with van der Waals surface area (Å²) in [6.07, 6.45) is 1.69. The van der Waals surface area contributed by atoms with E-state index in [9.17, 15) is 9.59 Å². The van der Waals surface area contributed by atoms with E-state index in [0.29, 0.717) is 51.6 Å². The third kappa shape index (κ3) is 5.00. The minimum atomic E-state index is -0.116. The monoisotopic (exact) mass is 408 g/mol. The third-order valence-corrected chi connectivity index (χ3v) is 5.73. The number of benzene rings is 2. The number of carbonyl (C=O) groups is 2. The highest BCUT2D eigenvalue weighted by Gasteiger charge is 2.32. The first kappa shape index (κ1) is 20.4. The predicted octanol–water partition coefficient (Wildman–Crippen LogP) is 2.98. The van der Waals surface area contributed by atoms with Crippen molar-refractivity contribution in [3.05, 3.63) is 65.7 Å². The van der Waals surface area contributed by atoms with Gasteiger partial charge in [0.1, 0.15) is 12.4 Å². The first-order valence-electron chi connectivity index (χ1n) is 10.6. The number of amides is 2. The summed E-state index contributed by atoms with van der Waals surface area (Å²) in [4.78, 5) is 29.5. The number of piperidine rings is 1. The van der Waals surface area contributed by atoms with Crippen molar-refractivity contribution in [2.45, 2.75) is 19.4 Å². The molecule has 30 heavy (non-hydrogen) atoms. The van der Waals surface area contributed by atoms with Gasteiger partial charge in [0.15, 0.2) is 0 Å². The van der Waals surface area contributed by atoms with E-state index in [4.69, 9.17) is 9.47 Å². The Kier molecular flexibility index (Phi) is 6.64. The zero-order valence-electron chi connectivity index (χ0n) is 17.2. The molecule has 1 unspecified atom stereocenters. The Balaban J connectivity index is 1.33. The lowest BCUT2D eigenvalue weighted by Crippen LogP contribution is -2.49. The van der Waals surface area contributed by atoms with Crippen LogP contribution in [0.5, 0.6) is 5.75 Å². The van der Waals surface area contributed by atoms with Crippen LogP contribution >= 0.6 is 0 Å². The zero-order valence-corrected chi connectivity index (χ0v) is 17.2. The van der Waals surface area contributed by atoms with E-state index in [1.54, 1.807) is 12.1 Å². The molecule has 0 aliphatic carbocycles. The maximum atomic E-state index is 13.0. The van der Waals surface area contributed by atoms with E-state index in [1.165, 1.54) is 0 Å². The molecule has 0 saturated carbocycles. The molecule has 0 spiro atoms. The van der Waals surface area contributed by atoms with Crippen molar-refractivity contribution >= 4 is 11.8 Å². The molecule has 2 aromatic rings. The van der Waals surface area contributed by atoms with Gasteiger partial charge in [-0.15, -0.1) is 0 Å². The second-order valence-electron chi connectivity index (χ2n) is 7.83. The molecule has 2 heterocycles. The van der Waals surface area contributed by atoms with E-state index < -0.39 is 0 Å². The Bertz CT molecular complexity index is 847. The molecule has 2 aromatic carbocycles. The van der Waals surface area contributed by atoms with Crippen molar-refractivity contribution in [1.82, 2.24) is 9.80 Å². The van der Waals surface area contributed by atoms with E-state index >= 15 is 0 Å². The Labute approximate surface area is 177 Å². The average Bonchev–Trinajstić information content (AvgIpc) is 2.83. The SMILES string of the molecule is O=C(c1ccc(OCc2ccccc2)cc1)N1CCCC(C(=O)N2CCOCC2)C1. The van der Waals surface area contributed by atoms with Gasteiger partial charge < -0.3 is 19.3 Å². The molecule has 4 rings (SSSR count). The highest BCUT2D eigenvalue weighted by Crippen LogP contribution is 2.22. The van der Waals surface area contributed by atoms with E-state index in [-0.39, 0.29) is 17.7 Å². The maximum absolute atomic E-state index is 13.0. The summed E-state index contributed by atoms with van der Waals surface area (Å²) in [5, 5.41) is 0. The number of ether oxygens (including phenoxy) is 2. The van der Waals surface area contributed by atoms with Crippen molar-refractivity contribution in [3.63, 3.8) is 0 Å². The van der Waals surface area contributed by atoms with Crippen molar-refractivity contribution in [2.24, 2.45) is 5.92 Å². The largest absolute Gasteiger partial charge is 0.489 e. The molecule has 2 amide bonds. The molecule has 0 N–H and O–H groups in total. The minimum Gasteiger partial charge on any atom is -0.489 e. The molecule has 6 heteroatoms. The van der Waals surface area contributed by atoms with Gasteiger partial charge in [0.2, 0.25) is 5.91 Å². The topological polar surface area (TPSA) is 59.1 Å². The summed E-state index contributed by atoms with van der Waals surface area (Å²) < 4.78 is 11.1. The van der Waals surface area contributed by atoms with Gasteiger partial charge in [-0.3, -0.25) is 9.59 Å². The van der Waals surface area contributed by atoms with Crippen LogP contribution in [-0.2, 0) is 16.1 Å². The normalized spacial score (nSPS) is 19.4. The van der Waals surface area contributed by atoms with Crippen LogP contribution in [0.25, 0.3) is 0 Å². The minimum absolute atomic E-state index is 0.0240. The van der Waals surface area contributed by atoms with Crippen LogP contribution in [-0.4, -0.2) is 61.0 Å². The van der Waals surface area contributed by atoms with Gasteiger partial charge >= 0.3 is 0 Å². The molecule has 158 valence electrons. The van der Waals surface area contributed by atoms with Gasteiger partial charge in [0.25, 0.3) is 5.91 Å². The maximum Gasteiger partial charge on any atom is 0.253 e. The Hall–Kier alpha value is -2.86. The molecule has 6 nitrogen and oxygen atoms in total. The fourth-order valence-corrected chi connectivity index (χ4v) is 4.02. The Morgan fingerprint density at radius 3 is 2.40 bits per heavy atom. The molecule has 0 bridgehead atoms. The molecule has 0 aromatic heterocycles. The summed E-state index contributed by atoms with van der Waals surface area (Å²) in [5.41, 5.74) is 1.73. The van der Waals surface area contributed by atoms with Gasteiger partial charge in [-0.1, -0.05) is 30.3 Å². The van der Waals surface area contributed by atoms with Crippen LogP contribution in [0.15, 0.2) is 54.6 Å². The average molecular weight is 408 g/mol. The molecular weight excluding hydrogens is 380 g/mol. The summed E-state index contributed by atoms with van der Waals surface area (Å²) in [5.74, 6) is 0.744. The van der Waals surface area contributed by atoms with Gasteiger partial charge in [-0.25, -0.2) is 0 Å². The lowest BCUT2D eigenvalue weighted by molar-refractivity contribution is -0.141. The van der Waals surface area contributed by atoms with E-state index in [2.05, 4.69) is 0 Å². The molecule has 2 saturated heterocycles. The number of nitrogens with zero attached hydrogens (tertiary/aromatic N) is 2. The lowest BCUT2D eigenvalue weighted by Gasteiger charge is -2.36. The van der Waals surface area contributed by atoms with Crippen LogP contribution in [0.3, 0.4) is 0 Å². The van der Waals surface area contributed by atoms with Crippen LogP contribution in [0.1, 0.15) is 28.8 Å². The molecule has 2 fully saturated rings. The van der Waals surface area contributed by atoms with E-state index in [0.717, 1.165) is 24.2 Å². The number of hydrogen-bond acceptors (Lipinski definition) is 4. The van der Waals surface area contributed by atoms with Crippen LogP contribution in [0, 0.1) is 5.92 Å². The molecular formula is C24H28N2O4. The van der Waals surface area contributed by atoms with Gasteiger partial charge in [-0.2, -0.15) is 0 Å². The number of likely N-dealkylation sites (tertiary alicyclic amines) is 1. The first-order valence-corrected chi connectivity index (χ1v) is 10.6. The molecule has 0 radical (unpaired) electrons. The Morgan fingerprint density at radius 1 is 0.933 bits per heavy atom. The summed E-state index contributed by atoms with van der Waals surface area (Å²) >= 11 is 0. The highest BCUT2D eigenvalue weighted by molar-refractivity contribution is 5.94. The summed E-state index contributed by atoms with van der Waals surface area (Å²) in [6.45, 7) is 4.16. The lowest BCUT2D eigenvalue weighted by atomic mass is 9.95. The zero-order chi connectivity index (χ0) is 20.8. The number of hydrogen-bond donors (Lipinski definition) is 0. The predicted molar refractivity (Wildman–Crippen MR) is 113 cm³/mol. The Morgan fingerprint density at radius 2 is 1.67 bits per heavy atom. The van der Waals surface area contributed by atoms with Gasteiger partial charge in [0.05, 0.1) is 19.1 Å². The smallest absolute Gasteiger partial charge is 0.253 e. The van der Waals surface area contributed by atoms with Crippen LogP contribution in [0.4, 0.5) is 0 Å². The van der Waals surface area contributed by atoms with Crippen LogP contribution < -0.4 is 4.74 Å².